The van der Waals surface area contributed by atoms with E-state index in [1.807, 2.05) is 0 Å². The third-order valence-corrected chi connectivity index (χ3v) is 3.35. The van der Waals surface area contributed by atoms with Crippen LogP contribution in [0.2, 0.25) is 0 Å². The largest absolute Gasteiger partial charge is 0.416 e. The SMILES string of the molecule is CN(C(=O)NC(=O)c1c(F)cccc1F)c1ccc(C(F)(F)F)cc1F. The van der Waals surface area contributed by atoms with E-state index in [4.69, 9.17) is 0 Å². The molecular weight excluding hydrogens is 366 g/mol. The zero-order valence-electron chi connectivity index (χ0n) is 13.0. The highest BCUT2D eigenvalue weighted by molar-refractivity contribution is 6.08. The highest BCUT2D eigenvalue weighted by Crippen LogP contribution is 2.32. The van der Waals surface area contributed by atoms with Crippen molar-refractivity contribution >= 4 is 17.6 Å². The zero-order chi connectivity index (χ0) is 19.6. The van der Waals surface area contributed by atoms with Crippen LogP contribution in [0.25, 0.3) is 0 Å². The van der Waals surface area contributed by atoms with E-state index in [-0.39, 0.29) is 6.07 Å². The molecule has 4 nitrogen and oxygen atoms in total. The number of hydrogen-bond donors (Lipinski definition) is 1. The fraction of sp³-hybridized carbons (Fsp3) is 0.125. The molecule has 2 rings (SSSR count). The quantitative estimate of drug-likeness (QED) is 0.802. The number of halogens is 6. The summed E-state index contributed by atoms with van der Waals surface area (Å²) in [7, 11) is 0.964. The van der Waals surface area contributed by atoms with Crippen LogP contribution in [0.5, 0.6) is 0 Å². The fourth-order valence-corrected chi connectivity index (χ4v) is 2.02. The number of benzene rings is 2. The number of nitrogens with zero attached hydrogens (tertiary/aromatic N) is 1. The van der Waals surface area contributed by atoms with Gasteiger partial charge in [0.25, 0.3) is 5.91 Å². The van der Waals surface area contributed by atoms with Gasteiger partial charge in [-0.15, -0.1) is 0 Å². The maximum absolute atomic E-state index is 13.9. The van der Waals surface area contributed by atoms with E-state index in [0.29, 0.717) is 17.0 Å². The van der Waals surface area contributed by atoms with Crippen molar-refractivity contribution in [3.8, 4) is 0 Å². The number of rotatable bonds is 2. The Labute approximate surface area is 143 Å². The lowest BCUT2D eigenvalue weighted by Gasteiger charge is -2.19. The Bertz CT molecular complexity index is 846. The van der Waals surface area contributed by atoms with Gasteiger partial charge in [-0.05, 0) is 30.3 Å². The summed E-state index contributed by atoms with van der Waals surface area (Å²) in [5.74, 6) is -5.25. The normalized spacial score (nSPS) is 11.2. The standard InChI is InChI=1S/C16H10F6N2O2/c1-24(12-6-5-8(7-11(12)19)16(20,21)22)15(26)23-14(25)13-9(17)3-2-4-10(13)18/h2-7H,1H3,(H,23,25,26). The molecule has 0 saturated carbocycles. The summed E-state index contributed by atoms with van der Waals surface area (Å²) in [6, 6.07) is 2.71. The Morgan fingerprint density at radius 1 is 0.962 bits per heavy atom. The first kappa shape index (κ1) is 19.3. The van der Waals surface area contributed by atoms with Crippen LogP contribution in [0.3, 0.4) is 0 Å². The Morgan fingerprint density at radius 3 is 2.04 bits per heavy atom. The van der Waals surface area contributed by atoms with Crippen molar-refractivity contribution in [3.63, 3.8) is 0 Å². The number of alkyl halides is 3. The lowest BCUT2D eigenvalue weighted by molar-refractivity contribution is -0.137. The van der Waals surface area contributed by atoms with Gasteiger partial charge in [0.2, 0.25) is 0 Å². The van der Waals surface area contributed by atoms with Crippen molar-refractivity contribution in [2.24, 2.45) is 0 Å². The minimum Gasteiger partial charge on any atom is -0.294 e. The Kier molecular flexibility index (Phi) is 5.24. The van der Waals surface area contributed by atoms with Crippen molar-refractivity contribution in [1.29, 1.82) is 0 Å². The van der Waals surface area contributed by atoms with Crippen LogP contribution in [0.1, 0.15) is 15.9 Å². The first-order chi connectivity index (χ1) is 12.0. The molecule has 0 fully saturated rings. The van der Waals surface area contributed by atoms with E-state index < -0.39 is 52.4 Å². The molecule has 0 radical (unpaired) electrons. The van der Waals surface area contributed by atoms with Crippen LogP contribution in [0, 0.1) is 17.5 Å². The molecule has 0 spiro atoms. The second kappa shape index (κ2) is 7.06. The molecule has 0 aromatic heterocycles. The summed E-state index contributed by atoms with van der Waals surface area (Å²) in [5.41, 5.74) is -2.86. The maximum Gasteiger partial charge on any atom is 0.416 e. The van der Waals surface area contributed by atoms with Gasteiger partial charge in [-0.3, -0.25) is 15.0 Å². The molecular formula is C16H10F6N2O2. The summed E-state index contributed by atoms with van der Waals surface area (Å²) >= 11 is 0. The molecule has 0 unspecified atom stereocenters. The van der Waals surface area contributed by atoms with Crippen molar-refractivity contribution in [2.45, 2.75) is 6.18 Å². The number of anilines is 1. The van der Waals surface area contributed by atoms with E-state index in [1.165, 1.54) is 0 Å². The average molecular weight is 376 g/mol. The maximum atomic E-state index is 13.9. The topological polar surface area (TPSA) is 49.4 Å². The molecule has 2 aromatic carbocycles. The number of amides is 3. The first-order valence-electron chi connectivity index (χ1n) is 6.92. The lowest BCUT2D eigenvalue weighted by atomic mass is 10.1. The van der Waals surface area contributed by atoms with Gasteiger partial charge >= 0.3 is 12.2 Å². The van der Waals surface area contributed by atoms with Gasteiger partial charge in [0.05, 0.1) is 11.3 Å². The Hall–Kier alpha value is -3.04. The van der Waals surface area contributed by atoms with Crippen molar-refractivity contribution in [2.75, 3.05) is 11.9 Å². The minimum atomic E-state index is -4.78. The summed E-state index contributed by atoms with van der Waals surface area (Å²) in [6.45, 7) is 0. The van der Waals surface area contributed by atoms with E-state index in [0.717, 1.165) is 25.2 Å². The smallest absolute Gasteiger partial charge is 0.294 e. The van der Waals surface area contributed by atoms with Gasteiger partial charge in [0, 0.05) is 7.05 Å². The zero-order valence-corrected chi connectivity index (χ0v) is 13.0. The summed E-state index contributed by atoms with van der Waals surface area (Å²) < 4.78 is 78.4. The minimum absolute atomic E-state index is 0.178. The summed E-state index contributed by atoms with van der Waals surface area (Å²) in [4.78, 5) is 24.3. The van der Waals surface area contributed by atoms with Crippen LogP contribution in [0.15, 0.2) is 36.4 Å². The number of imide groups is 1. The number of urea groups is 1. The summed E-state index contributed by atoms with van der Waals surface area (Å²) in [5, 5.41) is 1.63. The van der Waals surface area contributed by atoms with E-state index in [9.17, 15) is 35.9 Å². The Balaban J connectivity index is 2.21. The second-order valence-corrected chi connectivity index (χ2v) is 5.08. The second-order valence-electron chi connectivity index (χ2n) is 5.08. The monoisotopic (exact) mass is 376 g/mol. The molecule has 0 bridgehead atoms. The van der Waals surface area contributed by atoms with Crippen LogP contribution < -0.4 is 10.2 Å². The third-order valence-electron chi connectivity index (χ3n) is 3.35. The van der Waals surface area contributed by atoms with Crippen molar-refractivity contribution in [1.82, 2.24) is 5.32 Å². The van der Waals surface area contributed by atoms with Gasteiger partial charge < -0.3 is 0 Å². The van der Waals surface area contributed by atoms with Gasteiger partial charge in [0.1, 0.15) is 23.0 Å². The van der Waals surface area contributed by atoms with Crippen molar-refractivity contribution < 1.29 is 35.9 Å². The number of hydrogen-bond acceptors (Lipinski definition) is 2. The molecule has 1 N–H and O–H groups in total. The van der Waals surface area contributed by atoms with Crippen LogP contribution in [0.4, 0.5) is 36.8 Å². The lowest BCUT2D eigenvalue weighted by Crippen LogP contribution is -2.41. The van der Waals surface area contributed by atoms with E-state index in [1.54, 1.807) is 5.32 Å². The molecule has 0 saturated heterocycles. The highest BCUT2D eigenvalue weighted by Gasteiger charge is 2.32. The molecule has 3 amide bonds. The predicted octanol–water partition coefficient (Wildman–Crippen LogP) is 4.11. The molecule has 0 heterocycles. The van der Waals surface area contributed by atoms with E-state index in [2.05, 4.69) is 0 Å². The van der Waals surface area contributed by atoms with E-state index >= 15 is 0 Å². The van der Waals surface area contributed by atoms with Gasteiger partial charge in [-0.2, -0.15) is 13.2 Å². The van der Waals surface area contributed by atoms with Gasteiger partial charge in [-0.1, -0.05) is 6.07 Å². The molecule has 0 aliphatic carbocycles. The van der Waals surface area contributed by atoms with Crippen LogP contribution in [-0.4, -0.2) is 19.0 Å². The average Bonchev–Trinajstić information content (AvgIpc) is 2.53. The molecule has 2 aromatic rings. The molecule has 138 valence electrons. The van der Waals surface area contributed by atoms with Crippen molar-refractivity contribution in [3.05, 3.63) is 65.0 Å². The first-order valence-corrected chi connectivity index (χ1v) is 6.92. The third kappa shape index (κ3) is 3.95. The Morgan fingerprint density at radius 2 is 1.54 bits per heavy atom. The predicted molar refractivity (Wildman–Crippen MR) is 79.0 cm³/mol. The molecule has 0 atom stereocenters. The molecule has 0 aliphatic heterocycles. The van der Waals surface area contributed by atoms with Gasteiger partial charge in [0.15, 0.2) is 0 Å². The molecule has 0 aliphatic rings. The summed E-state index contributed by atoms with van der Waals surface area (Å²) in [6.07, 6.45) is -4.78. The number of nitrogens with one attached hydrogen (secondary N) is 1. The number of carbonyl (C=O) groups is 2. The van der Waals surface area contributed by atoms with Crippen LogP contribution >= 0.6 is 0 Å². The fourth-order valence-electron chi connectivity index (χ4n) is 2.02. The molecule has 26 heavy (non-hydrogen) atoms. The highest BCUT2D eigenvalue weighted by atomic mass is 19.4. The van der Waals surface area contributed by atoms with Gasteiger partial charge in [-0.25, -0.2) is 18.0 Å². The molecule has 10 heteroatoms. The number of carbonyl (C=O) groups excluding carboxylic acids is 2. The van der Waals surface area contributed by atoms with Crippen LogP contribution in [-0.2, 0) is 6.18 Å².